The number of benzene rings is 1. The van der Waals surface area contributed by atoms with Gasteiger partial charge in [-0.3, -0.25) is 0 Å². The molecule has 1 aromatic rings. The van der Waals surface area contributed by atoms with Crippen molar-refractivity contribution in [3.05, 3.63) is 34.9 Å². The second kappa shape index (κ2) is 4.98. The van der Waals surface area contributed by atoms with Gasteiger partial charge >= 0.3 is 12.4 Å². The number of aliphatic imine (C=N–C) groups is 1. The summed E-state index contributed by atoms with van der Waals surface area (Å²) in [4.78, 5) is 3.38. The second-order valence-corrected chi connectivity index (χ2v) is 3.66. The molecule has 9 heteroatoms. The van der Waals surface area contributed by atoms with E-state index in [1.165, 1.54) is 0 Å². The molecule has 0 fully saturated rings. The Morgan fingerprint density at radius 1 is 0.895 bits per heavy atom. The number of hydrogen-bond donors (Lipinski definition) is 2. The number of hydrogen-bond acceptors (Lipinski definition) is 1. The third-order valence-electron chi connectivity index (χ3n) is 2.09. The fourth-order valence-corrected chi connectivity index (χ4v) is 1.29. The van der Waals surface area contributed by atoms with Crippen LogP contribution in [-0.2, 0) is 18.9 Å². The lowest BCUT2D eigenvalue weighted by Crippen LogP contribution is -2.22. The maximum Gasteiger partial charge on any atom is 0.416 e. The fourth-order valence-electron chi connectivity index (χ4n) is 1.29. The second-order valence-electron chi connectivity index (χ2n) is 3.66. The normalized spacial score (nSPS) is 12.3. The van der Waals surface area contributed by atoms with Gasteiger partial charge in [0, 0.05) is 0 Å². The van der Waals surface area contributed by atoms with Crippen LogP contribution in [0.1, 0.15) is 16.7 Å². The minimum Gasteiger partial charge on any atom is -0.370 e. The zero-order valence-corrected chi connectivity index (χ0v) is 9.31. The summed E-state index contributed by atoms with van der Waals surface area (Å²) in [7, 11) is 0. The van der Waals surface area contributed by atoms with Crippen LogP contribution in [-0.4, -0.2) is 5.96 Å². The number of guanidine groups is 1. The van der Waals surface area contributed by atoms with Gasteiger partial charge in [0.05, 0.1) is 17.7 Å². The van der Waals surface area contributed by atoms with Gasteiger partial charge in [0.1, 0.15) is 0 Å². The SMILES string of the molecule is NC(N)=NCc1cc(C(F)(F)F)cc(C(F)(F)F)c1. The summed E-state index contributed by atoms with van der Waals surface area (Å²) >= 11 is 0. The molecular weight excluding hydrogens is 276 g/mol. The van der Waals surface area contributed by atoms with Crippen LogP contribution in [0.5, 0.6) is 0 Å². The molecule has 4 N–H and O–H groups in total. The highest BCUT2D eigenvalue weighted by molar-refractivity contribution is 5.75. The Balaban J connectivity index is 3.29. The molecule has 0 aromatic heterocycles. The summed E-state index contributed by atoms with van der Waals surface area (Å²) in [5.74, 6) is -0.425. The topological polar surface area (TPSA) is 64.4 Å². The van der Waals surface area contributed by atoms with E-state index in [1.807, 2.05) is 0 Å². The summed E-state index contributed by atoms with van der Waals surface area (Å²) in [6.07, 6.45) is -9.76. The van der Waals surface area contributed by atoms with Gasteiger partial charge in [-0.25, -0.2) is 4.99 Å². The van der Waals surface area contributed by atoms with Gasteiger partial charge in [0.25, 0.3) is 0 Å². The van der Waals surface area contributed by atoms with Crippen molar-refractivity contribution in [3.8, 4) is 0 Å². The molecule has 0 bridgehead atoms. The van der Waals surface area contributed by atoms with Crippen molar-refractivity contribution in [2.45, 2.75) is 18.9 Å². The first-order valence-corrected chi connectivity index (χ1v) is 4.84. The van der Waals surface area contributed by atoms with Crippen LogP contribution in [0.2, 0.25) is 0 Å². The lowest BCUT2D eigenvalue weighted by Gasteiger charge is -2.13. The van der Waals surface area contributed by atoms with Crippen LogP contribution in [0.4, 0.5) is 26.3 Å². The molecule has 0 amide bonds. The molecule has 0 atom stereocenters. The number of alkyl halides is 6. The van der Waals surface area contributed by atoms with E-state index < -0.39 is 36.0 Å². The Hall–Kier alpha value is -1.93. The monoisotopic (exact) mass is 285 g/mol. The molecule has 0 radical (unpaired) electrons. The molecule has 1 aromatic carbocycles. The summed E-state index contributed by atoms with van der Waals surface area (Å²) in [6.45, 7) is -0.463. The van der Waals surface area contributed by atoms with Crippen LogP contribution in [0.15, 0.2) is 23.2 Å². The zero-order valence-electron chi connectivity index (χ0n) is 9.31. The molecule has 0 unspecified atom stereocenters. The van der Waals surface area contributed by atoms with E-state index in [0.717, 1.165) is 0 Å². The highest BCUT2D eigenvalue weighted by Crippen LogP contribution is 2.36. The van der Waals surface area contributed by atoms with Crippen molar-refractivity contribution >= 4 is 5.96 Å². The number of nitrogens with two attached hydrogens (primary N) is 2. The van der Waals surface area contributed by atoms with Crippen LogP contribution in [0.25, 0.3) is 0 Å². The van der Waals surface area contributed by atoms with E-state index in [4.69, 9.17) is 11.5 Å². The summed E-state index contributed by atoms with van der Waals surface area (Å²) in [6, 6.07) is 1.18. The zero-order chi connectivity index (χ0) is 14.8. The third kappa shape index (κ3) is 4.34. The van der Waals surface area contributed by atoms with E-state index in [2.05, 4.69) is 4.99 Å². The van der Waals surface area contributed by atoms with Gasteiger partial charge < -0.3 is 11.5 Å². The van der Waals surface area contributed by atoms with Crippen molar-refractivity contribution in [1.29, 1.82) is 0 Å². The molecule has 0 spiro atoms. The Kier molecular flexibility index (Phi) is 3.97. The number of nitrogens with zero attached hydrogens (tertiary/aromatic N) is 1. The number of rotatable bonds is 2. The first kappa shape index (κ1) is 15.1. The van der Waals surface area contributed by atoms with Crippen molar-refractivity contribution in [1.82, 2.24) is 0 Å². The van der Waals surface area contributed by atoms with Crippen molar-refractivity contribution < 1.29 is 26.3 Å². The minimum absolute atomic E-state index is 0.0407. The van der Waals surface area contributed by atoms with Crippen molar-refractivity contribution in [2.24, 2.45) is 16.5 Å². The van der Waals surface area contributed by atoms with E-state index in [0.29, 0.717) is 12.1 Å². The van der Waals surface area contributed by atoms with E-state index in [-0.39, 0.29) is 11.6 Å². The van der Waals surface area contributed by atoms with Gasteiger partial charge in [-0.15, -0.1) is 0 Å². The standard InChI is InChI=1S/C10H9F6N3/c11-9(12,13)6-1-5(4-19-8(17)18)2-7(3-6)10(14,15)16/h1-3H,4H2,(H4,17,18,19). The largest absolute Gasteiger partial charge is 0.416 e. The highest BCUT2D eigenvalue weighted by Gasteiger charge is 2.36. The van der Waals surface area contributed by atoms with Gasteiger partial charge in [-0.05, 0) is 23.8 Å². The maximum absolute atomic E-state index is 12.5. The summed E-state index contributed by atoms with van der Waals surface area (Å²) < 4.78 is 74.9. The Labute approximate surface area is 103 Å². The molecular formula is C10H9F6N3. The number of halogens is 6. The molecule has 0 saturated heterocycles. The van der Waals surface area contributed by atoms with Crippen LogP contribution >= 0.6 is 0 Å². The van der Waals surface area contributed by atoms with E-state index in [1.54, 1.807) is 0 Å². The molecule has 0 aliphatic rings. The predicted octanol–water partition coefficient (Wildman–Crippen LogP) is 2.50. The summed E-state index contributed by atoms with van der Waals surface area (Å²) in [5.41, 5.74) is 6.86. The molecule has 19 heavy (non-hydrogen) atoms. The van der Waals surface area contributed by atoms with Gasteiger partial charge in [-0.1, -0.05) is 0 Å². The lowest BCUT2D eigenvalue weighted by molar-refractivity contribution is -0.143. The smallest absolute Gasteiger partial charge is 0.370 e. The summed E-state index contributed by atoms with van der Waals surface area (Å²) in [5, 5.41) is 0. The lowest BCUT2D eigenvalue weighted by atomic mass is 10.0. The molecule has 1 rings (SSSR count). The average Bonchev–Trinajstić information content (AvgIpc) is 2.23. The molecule has 0 heterocycles. The first-order valence-electron chi connectivity index (χ1n) is 4.84. The fraction of sp³-hybridized carbons (Fsp3) is 0.300. The molecule has 3 nitrogen and oxygen atoms in total. The third-order valence-corrected chi connectivity index (χ3v) is 2.09. The molecule has 0 saturated carbocycles. The Morgan fingerprint density at radius 2 is 1.32 bits per heavy atom. The highest BCUT2D eigenvalue weighted by atomic mass is 19.4. The van der Waals surface area contributed by atoms with Crippen LogP contribution in [0.3, 0.4) is 0 Å². The van der Waals surface area contributed by atoms with Gasteiger partial charge in [-0.2, -0.15) is 26.3 Å². The molecule has 0 aliphatic heterocycles. The van der Waals surface area contributed by atoms with Crippen LogP contribution in [0, 0.1) is 0 Å². The van der Waals surface area contributed by atoms with Gasteiger partial charge in [0.2, 0.25) is 0 Å². The average molecular weight is 285 g/mol. The Morgan fingerprint density at radius 3 is 1.63 bits per heavy atom. The van der Waals surface area contributed by atoms with Crippen molar-refractivity contribution in [2.75, 3.05) is 0 Å². The predicted molar refractivity (Wildman–Crippen MR) is 56.0 cm³/mol. The Bertz CT molecular complexity index is 453. The van der Waals surface area contributed by atoms with Gasteiger partial charge in [0.15, 0.2) is 5.96 Å². The molecule has 106 valence electrons. The van der Waals surface area contributed by atoms with E-state index in [9.17, 15) is 26.3 Å². The first-order chi connectivity index (χ1) is 8.50. The quantitative estimate of drug-likeness (QED) is 0.498. The van der Waals surface area contributed by atoms with Crippen LogP contribution < -0.4 is 11.5 Å². The molecule has 0 aliphatic carbocycles. The minimum atomic E-state index is -4.88. The van der Waals surface area contributed by atoms with E-state index >= 15 is 0 Å². The van der Waals surface area contributed by atoms with Crippen molar-refractivity contribution in [3.63, 3.8) is 0 Å². The maximum atomic E-state index is 12.5.